The molecule has 2 atom stereocenters. The summed E-state index contributed by atoms with van der Waals surface area (Å²) >= 11 is 0. The smallest absolute Gasteiger partial charge is 0.326 e. The van der Waals surface area contributed by atoms with Crippen molar-refractivity contribution in [2.75, 3.05) is 6.54 Å². The van der Waals surface area contributed by atoms with Gasteiger partial charge in [0, 0.05) is 6.54 Å². The summed E-state index contributed by atoms with van der Waals surface area (Å²) in [6.45, 7) is 6.45. The van der Waals surface area contributed by atoms with Crippen LogP contribution in [0.4, 0.5) is 4.79 Å². The maximum Gasteiger partial charge on any atom is 0.326 e. The van der Waals surface area contributed by atoms with Crippen LogP contribution in [0.3, 0.4) is 0 Å². The van der Waals surface area contributed by atoms with E-state index in [-0.39, 0.29) is 11.9 Å². The number of carbonyl (C=O) groups excluding carboxylic acids is 1. The molecule has 0 aliphatic heterocycles. The fourth-order valence-corrected chi connectivity index (χ4v) is 1.63. The first-order valence-electron chi connectivity index (χ1n) is 6.80. The molecule has 0 saturated heterocycles. The molecule has 0 bridgehead atoms. The van der Waals surface area contributed by atoms with Crippen LogP contribution in [0.1, 0.15) is 52.9 Å². The first-order chi connectivity index (χ1) is 8.52. The van der Waals surface area contributed by atoms with Crippen molar-refractivity contribution in [3.63, 3.8) is 0 Å². The van der Waals surface area contributed by atoms with Gasteiger partial charge in [0.1, 0.15) is 6.04 Å². The Kier molecular flexibility index (Phi) is 9.06. The van der Waals surface area contributed by atoms with Gasteiger partial charge < -0.3 is 15.7 Å². The van der Waals surface area contributed by atoms with Crippen LogP contribution < -0.4 is 10.6 Å². The van der Waals surface area contributed by atoms with Gasteiger partial charge >= 0.3 is 12.0 Å². The Morgan fingerprint density at radius 3 is 2.33 bits per heavy atom. The van der Waals surface area contributed by atoms with Crippen molar-refractivity contribution >= 4 is 12.0 Å². The third-order valence-corrected chi connectivity index (χ3v) is 3.08. The van der Waals surface area contributed by atoms with Crippen molar-refractivity contribution in [1.29, 1.82) is 0 Å². The Morgan fingerprint density at radius 1 is 1.17 bits per heavy atom. The van der Waals surface area contributed by atoms with E-state index in [4.69, 9.17) is 5.11 Å². The fraction of sp³-hybridized carbons (Fsp3) is 0.846. The van der Waals surface area contributed by atoms with Crippen molar-refractivity contribution in [3.8, 4) is 0 Å². The molecule has 0 saturated carbocycles. The molecule has 0 unspecified atom stereocenters. The van der Waals surface area contributed by atoms with Gasteiger partial charge in [-0.3, -0.25) is 0 Å². The molecule has 0 radical (unpaired) electrons. The lowest BCUT2D eigenvalue weighted by molar-refractivity contribution is -0.140. The number of hydrogen-bond donors (Lipinski definition) is 3. The molecule has 2 amide bonds. The largest absolute Gasteiger partial charge is 0.480 e. The van der Waals surface area contributed by atoms with Crippen LogP contribution in [0.5, 0.6) is 0 Å². The number of hydrogen-bond acceptors (Lipinski definition) is 2. The van der Waals surface area contributed by atoms with Gasteiger partial charge in [-0.1, -0.05) is 46.5 Å². The molecular weight excluding hydrogens is 232 g/mol. The van der Waals surface area contributed by atoms with E-state index in [0.29, 0.717) is 13.0 Å². The number of urea groups is 1. The second-order valence-electron chi connectivity index (χ2n) is 4.66. The lowest BCUT2D eigenvalue weighted by atomic mass is 9.99. The molecule has 0 aromatic rings. The van der Waals surface area contributed by atoms with Crippen molar-refractivity contribution < 1.29 is 14.7 Å². The molecular formula is C13H26N2O3. The number of nitrogens with one attached hydrogen (secondary N) is 2. The summed E-state index contributed by atoms with van der Waals surface area (Å²) in [5, 5.41) is 14.2. The van der Waals surface area contributed by atoms with Crippen LogP contribution in [0.15, 0.2) is 0 Å². The van der Waals surface area contributed by atoms with Crippen molar-refractivity contribution in [3.05, 3.63) is 0 Å². The van der Waals surface area contributed by atoms with Crippen LogP contribution in [-0.2, 0) is 4.79 Å². The zero-order valence-corrected chi connectivity index (χ0v) is 11.7. The Bertz CT molecular complexity index is 257. The Labute approximate surface area is 109 Å². The molecule has 0 fully saturated rings. The Balaban J connectivity index is 3.92. The van der Waals surface area contributed by atoms with E-state index < -0.39 is 12.0 Å². The highest BCUT2D eigenvalue weighted by molar-refractivity contribution is 5.82. The number of aliphatic carboxylic acids is 1. The SMILES string of the molecule is CCCCCCNC(=O)N[C@H](C(=O)O)[C@@H](C)CC. The van der Waals surface area contributed by atoms with E-state index in [1.807, 2.05) is 13.8 Å². The average Bonchev–Trinajstić information content (AvgIpc) is 2.34. The highest BCUT2D eigenvalue weighted by Gasteiger charge is 2.24. The minimum absolute atomic E-state index is 0.0756. The van der Waals surface area contributed by atoms with E-state index in [0.717, 1.165) is 25.7 Å². The van der Waals surface area contributed by atoms with E-state index in [2.05, 4.69) is 17.6 Å². The number of carboxylic acid groups (broad SMARTS) is 1. The van der Waals surface area contributed by atoms with Crippen LogP contribution in [0, 0.1) is 5.92 Å². The van der Waals surface area contributed by atoms with Gasteiger partial charge in [0.15, 0.2) is 0 Å². The summed E-state index contributed by atoms with van der Waals surface area (Å²) in [6.07, 6.45) is 5.05. The van der Waals surface area contributed by atoms with Crippen molar-refractivity contribution in [2.45, 2.75) is 58.9 Å². The minimum atomic E-state index is -0.981. The molecule has 0 aliphatic rings. The van der Waals surface area contributed by atoms with Crippen LogP contribution >= 0.6 is 0 Å². The first kappa shape index (κ1) is 16.7. The zero-order valence-electron chi connectivity index (χ0n) is 11.7. The van der Waals surface area contributed by atoms with E-state index in [9.17, 15) is 9.59 Å². The van der Waals surface area contributed by atoms with Crippen LogP contribution in [-0.4, -0.2) is 29.7 Å². The van der Waals surface area contributed by atoms with E-state index in [1.165, 1.54) is 0 Å². The van der Waals surface area contributed by atoms with Gasteiger partial charge in [-0.15, -0.1) is 0 Å². The lowest BCUT2D eigenvalue weighted by Gasteiger charge is -2.20. The number of carboxylic acids is 1. The van der Waals surface area contributed by atoms with Gasteiger partial charge in [-0.25, -0.2) is 9.59 Å². The van der Waals surface area contributed by atoms with Gasteiger partial charge in [-0.05, 0) is 12.3 Å². The monoisotopic (exact) mass is 258 g/mol. The molecule has 5 heteroatoms. The fourth-order valence-electron chi connectivity index (χ4n) is 1.63. The Hall–Kier alpha value is -1.26. The van der Waals surface area contributed by atoms with Gasteiger partial charge in [0.05, 0.1) is 0 Å². The number of rotatable bonds is 9. The second kappa shape index (κ2) is 9.74. The van der Waals surface area contributed by atoms with Crippen molar-refractivity contribution in [2.24, 2.45) is 5.92 Å². The molecule has 18 heavy (non-hydrogen) atoms. The number of unbranched alkanes of at least 4 members (excludes halogenated alkanes) is 3. The highest BCUT2D eigenvalue weighted by atomic mass is 16.4. The molecule has 0 aliphatic carbocycles. The molecule has 0 rings (SSSR count). The maximum atomic E-state index is 11.5. The highest BCUT2D eigenvalue weighted by Crippen LogP contribution is 2.07. The van der Waals surface area contributed by atoms with Gasteiger partial charge in [0.25, 0.3) is 0 Å². The molecule has 0 heterocycles. The quantitative estimate of drug-likeness (QED) is 0.555. The molecule has 0 spiro atoms. The summed E-state index contributed by atoms with van der Waals surface area (Å²) < 4.78 is 0. The summed E-state index contributed by atoms with van der Waals surface area (Å²) in [7, 11) is 0. The third kappa shape index (κ3) is 7.14. The molecule has 106 valence electrons. The van der Waals surface area contributed by atoms with E-state index in [1.54, 1.807) is 0 Å². The number of amides is 2. The maximum absolute atomic E-state index is 11.5. The number of carbonyl (C=O) groups is 2. The summed E-state index contributed by atoms with van der Waals surface area (Å²) in [5.74, 6) is -1.06. The normalized spacial score (nSPS) is 13.7. The van der Waals surface area contributed by atoms with Crippen molar-refractivity contribution in [1.82, 2.24) is 10.6 Å². The summed E-state index contributed by atoms with van der Waals surface area (Å²) in [5.41, 5.74) is 0. The molecule has 0 aromatic heterocycles. The summed E-state index contributed by atoms with van der Waals surface area (Å²) in [6, 6.07) is -1.20. The van der Waals surface area contributed by atoms with Gasteiger partial charge in [0.2, 0.25) is 0 Å². The van der Waals surface area contributed by atoms with Crippen LogP contribution in [0.25, 0.3) is 0 Å². The van der Waals surface area contributed by atoms with E-state index >= 15 is 0 Å². The standard InChI is InChI=1S/C13H26N2O3/c1-4-6-7-8-9-14-13(18)15-11(12(16)17)10(3)5-2/h10-11H,4-9H2,1-3H3,(H,16,17)(H2,14,15,18)/t10-,11-/m0/s1. The molecule has 5 nitrogen and oxygen atoms in total. The predicted octanol–water partition coefficient (Wildman–Crippen LogP) is 2.37. The Morgan fingerprint density at radius 2 is 1.83 bits per heavy atom. The van der Waals surface area contributed by atoms with Gasteiger partial charge in [-0.2, -0.15) is 0 Å². The first-order valence-corrected chi connectivity index (χ1v) is 6.80. The third-order valence-electron chi connectivity index (χ3n) is 3.08. The summed E-state index contributed by atoms with van der Waals surface area (Å²) in [4.78, 5) is 22.5. The topological polar surface area (TPSA) is 78.4 Å². The second-order valence-corrected chi connectivity index (χ2v) is 4.66. The lowest BCUT2D eigenvalue weighted by Crippen LogP contribution is -2.49. The average molecular weight is 258 g/mol. The molecule has 3 N–H and O–H groups in total. The minimum Gasteiger partial charge on any atom is -0.480 e. The molecule has 0 aromatic carbocycles. The zero-order chi connectivity index (χ0) is 14.0. The van der Waals surface area contributed by atoms with Crippen LogP contribution in [0.2, 0.25) is 0 Å². The predicted molar refractivity (Wildman–Crippen MR) is 71.6 cm³/mol.